The molecule has 1 aliphatic heterocycles. The lowest BCUT2D eigenvalue weighted by Crippen LogP contribution is -2.42. The number of hydrogen-bond acceptors (Lipinski definition) is 11. The molecule has 0 saturated carbocycles. The van der Waals surface area contributed by atoms with Gasteiger partial charge in [0.15, 0.2) is 6.10 Å². The van der Waals surface area contributed by atoms with Crippen molar-refractivity contribution in [1.29, 1.82) is 0 Å². The molecular formula is C42H60N4O10S. The molecule has 6 atom stereocenters. The van der Waals surface area contributed by atoms with Crippen LogP contribution in [0, 0.1) is 11.8 Å². The Morgan fingerprint density at radius 3 is 2.30 bits per heavy atom. The predicted octanol–water partition coefficient (Wildman–Crippen LogP) is 4.50. The SMILES string of the molecule is CO[C@H]1/C=C\C=C(/C)C(=O)NC2=CC(=O)C(NCc3cccc(CS(=O)(=O)N(C(C)C)C(C)C)c3)=C(C[C@@H](C)C[C@H](OC)[C@H](O)[C@@H](C)/C=C(\C)[C@@H]1OC(N)=O)C2=O. The molecule has 1 aromatic carbocycles. The molecule has 0 unspecified atom stereocenters. The zero-order valence-corrected chi connectivity index (χ0v) is 35.5. The van der Waals surface area contributed by atoms with Gasteiger partial charge in [0.1, 0.15) is 6.10 Å². The number of hydrogen-bond donors (Lipinski definition) is 4. The molecule has 2 amide bonds. The van der Waals surface area contributed by atoms with Crippen LogP contribution in [0.15, 0.2) is 82.8 Å². The molecule has 1 aliphatic carbocycles. The van der Waals surface area contributed by atoms with E-state index in [1.165, 1.54) is 37.6 Å². The molecule has 1 heterocycles. The van der Waals surface area contributed by atoms with Gasteiger partial charge in [-0.2, -0.15) is 4.31 Å². The van der Waals surface area contributed by atoms with Crippen LogP contribution >= 0.6 is 0 Å². The van der Waals surface area contributed by atoms with Gasteiger partial charge in [0, 0.05) is 56.0 Å². The normalized spacial score (nSPS) is 27.1. The summed E-state index contributed by atoms with van der Waals surface area (Å²) in [5, 5.41) is 17.2. The number of rotatable bonds is 11. The van der Waals surface area contributed by atoms with Crippen molar-refractivity contribution in [2.75, 3.05) is 14.2 Å². The highest BCUT2D eigenvalue weighted by Gasteiger charge is 2.34. The van der Waals surface area contributed by atoms with E-state index in [0.717, 1.165) is 6.08 Å². The van der Waals surface area contributed by atoms with Gasteiger partial charge < -0.3 is 35.7 Å². The molecule has 0 saturated heterocycles. The average Bonchev–Trinajstić information content (AvgIpc) is 3.11. The summed E-state index contributed by atoms with van der Waals surface area (Å²) in [6, 6.07) is 6.59. The first-order valence-corrected chi connectivity index (χ1v) is 20.7. The van der Waals surface area contributed by atoms with E-state index in [1.807, 2.05) is 34.6 Å². The minimum Gasteiger partial charge on any atom is -0.439 e. The standard InChI is InChI=1S/C42H60N4O10S/c1-24(2)46(25(3)4)57(52,53)23-31-15-12-14-30(20-31)22-44-37-32-17-26(5)18-36(55-10)38(48)28(7)19-29(8)40(56-42(43)51)35(54-9)16-11-13-27(6)41(50)45-33(39(32)49)21-34(37)47/h11-16,19-21,24-26,28,35-36,38,40,44,48H,17-18,22-23H2,1-10H3,(H2,43,51)(H,45,50)/b16-11-,27-13+,29-19+/t26-,28+,35+,36+,38-,40+/m1/s1. The van der Waals surface area contributed by atoms with Crippen LogP contribution in [0.4, 0.5) is 4.79 Å². The summed E-state index contributed by atoms with van der Waals surface area (Å²) in [5.74, 6) is -2.71. The summed E-state index contributed by atoms with van der Waals surface area (Å²) in [4.78, 5) is 53.1. The smallest absolute Gasteiger partial charge is 0.405 e. The van der Waals surface area contributed by atoms with Gasteiger partial charge in [0.05, 0.1) is 29.4 Å². The number of ether oxygens (including phenoxy) is 3. The monoisotopic (exact) mass is 812 g/mol. The fraction of sp³-hybridized carbons (Fsp3) is 0.524. The summed E-state index contributed by atoms with van der Waals surface area (Å²) < 4.78 is 44.9. The van der Waals surface area contributed by atoms with Crippen molar-refractivity contribution in [1.82, 2.24) is 14.9 Å². The van der Waals surface area contributed by atoms with Crippen molar-refractivity contribution in [3.05, 3.63) is 93.9 Å². The first kappa shape index (κ1) is 47.0. The van der Waals surface area contributed by atoms with Crippen LogP contribution in [0.3, 0.4) is 0 Å². The summed E-state index contributed by atoms with van der Waals surface area (Å²) in [5.41, 5.74) is 7.43. The maximum absolute atomic E-state index is 14.1. The molecule has 2 aliphatic rings. The lowest BCUT2D eigenvalue weighted by Gasteiger charge is -2.30. The van der Waals surface area contributed by atoms with E-state index >= 15 is 0 Å². The van der Waals surface area contributed by atoms with E-state index < -0.39 is 63.9 Å². The number of sulfonamides is 1. The summed E-state index contributed by atoms with van der Waals surface area (Å²) in [6.45, 7) is 14.4. The lowest BCUT2D eigenvalue weighted by atomic mass is 9.85. The number of allylic oxidation sites excluding steroid dienone is 4. The second-order valence-corrected chi connectivity index (χ2v) is 17.3. The van der Waals surface area contributed by atoms with Crippen molar-refractivity contribution in [3.8, 4) is 0 Å². The molecule has 0 fully saturated rings. The maximum atomic E-state index is 14.1. The number of fused-ring (bicyclic) bond motifs is 2. The Morgan fingerprint density at radius 2 is 1.70 bits per heavy atom. The maximum Gasteiger partial charge on any atom is 0.405 e. The Labute approximate surface area is 337 Å². The Hall–Kier alpha value is -4.41. The van der Waals surface area contributed by atoms with Crippen LogP contribution < -0.4 is 16.4 Å². The van der Waals surface area contributed by atoms with Crippen molar-refractivity contribution in [2.45, 2.75) is 117 Å². The number of nitrogens with two attached hydrogens (primary N) is 1. The fourth-order valence-electron chi connectivity index (χ4n) is 7.32. The first-order valence-electron chi connectivity index (χ1n) is 19.1. The third kappa shape index (κ3) is 12.8. The third-order valence-corrected chi connectivity index (χ3v) is 12.1. The molecule has 1 aromatic rings. The first-order chi connectivity index (χ1) is 26.7. The van der Waals surface area contributed by atoms with Gasteiger partial charge >= 0.3 is 6.09 Å². The molecule has 0 aromatic heterocycles. The van der Waals surface area contributed by atoms with Crippen LogP contribution in [0.5, 0.6) is 0 Å². The summed E-state index contributed by atoms with van der Waals surface area (Å²) >= 11 is 0. The summed E-state index contributed by atoms with van der Waals surface area (Å²) in [7, 11) is -0.741. The third-order valence-electron chi connectivity index (χ3n) is 9.94. The topological polar surface area (TPSA) is 204 Å². The number of amides is 2. The van der Waals surface area contributed by atoms with Gasteiger partial charge in [-0.15, -0.1) is 0 Å². The molecule has 2 bridgehead atoms. The predicted molar refractivity (Wildman–Crippen MR) is 218 cm³/mol. The van der Waals surface area contributed by atoms with E-state index in [2.05, 4.69) is 10.6 Å². The molecule has 314 valence electrons. The number of aliphatic hydroxyl groups excluding tert-OH is 1. The van der Waals surface area contributed by atoms with E-state index in [-0.39, 0.29) is 65.7 Å². The minimum absolute atomic E-state index is 0.0577. The lowest BCUT2D eigenvalue weighted by molar-refractivity contribution is -0.120. The van der Waals surface area contributed by atoms with Crippen molar-refractivity contribution < 1.29 is 46.9 Å². The fourth-order valence-corrected chi connectivity index (χ4v) is 9.36. The van der Waals surface area contributed by atoms with Crippen LogP contribution in [0.2, 0.25) is 0 Å². The number of ketones is 2. The van der Waals surface area contributed by atoms with Crippen LogP contribution in [0.25, 0.3) is 0 Å². The zero-order chi connectivity index (χ0) is 42.8. The number of primary amides is 1. The molecule has 14 nitrogen and oxygen atoms in total. The van der Waals surface area contributed by atoms with E-state index in [1.54, 1.807) is 50.3 Å². The molecular weight excluding hydrogens is 753 g/mol. The second-order valence-electron chi connectivity index (χ2n) is 15.4. The molecule has 0 radical (unpaired) electrons. The Balaban J connectivity index is 2.03. The van der Waals surface area contributed by atoms with Gasteiger partial charge in [-0.3, -0.25) is 14.4 Å². The van der Waals surface area contributed by atoms with Gasteiger partial charge in [0.2, 0.25) is 21.6 Å². The van der Waals surface area contributed by atoms with E-state index in [9.17, 15) is 32.7 Å². The number of Topliss-reactive ketones (excluding diaryl/α,β-unsaturated/α-hetero) is 1. The molecule has 0 spiro atoms. The molecule has 5 N–H and O–H groups in total. The molecule has 3 rings (SSSR count). The van der Waals surface area contributed by atoms with Gasteiger partial charge in [-0.25, -0.2) is 13.2 Å². The number of aliphatic hydroxyl groups is 1. The Morgan fingerprint density at radius 1 is 1.05 bits per heavy atom. The van der Waals surface area contributed by atoms with Gasteiger partial charge in [0.25, 0.3) is 5.91 Å². The zero-order valence-electron chi connectivity index (χ0n) is 34.7. The van der Waals surface area contributed by atoms with E-state index in [4.69, 9.17) is 19.9 Å². The highest BCUT2D eigenvalue weighted by molar-refractivity contribution is 7.88. The highest BCUT2D eigenvalue weighted by atomic mass is 32.2. The van der Waals surface area contributed by atoms with Gasteiger partial charge in [-0.1, -0.05) is 62.4 Å². The molecule has 15 heteroatoms. The van der Waals surface area contributed by atoms with Crippen molar-refractivity contribution in [3.63, 3.8) is 0 Å². The number of nitrogens with one attached hydrogen (secondary N) is 2. The molecule has 57 heavy (non-hydrogen) atoms. The van der Waals surface area contributed by atoms with Crippen molar-refractivity contribution in [2.24, 2.45) is 17.6 Å². The van der Waals surface area contributed by atoms with Crippen LogP contribution in [0.1, 0.15) is 79.4 Å². The number of benzene rings is 1. The number of carbonyl (C=O) groups excluding carboxylic acids is 4. The highest BCUT2D eigenvalue weighted by Crippen LogP contribution is 2.29. The van der Waals surface area contributed by atoms with Crippen LogP contribution in [-0.4, -0.2) is 92.1 Å². The quantitative estimate of drug-likeness (QED) is 0.181. The number of nitrogens with zero attached hydrogens (tertiary/aromatic N) is 1. The van der Waals surface area contributed by atoms with Crippen LogP contribution in [-0.2, 0) is 50.9 Å². The van der Waals surface area contributed by atoms with Gasteiger partial charge in [-0.05, 0) is 77.0 Å². The minimum atomic E-state index is -3.63. The second kappa shape index (κ2) is 20.8. The summed E-state index contributed by atoms with van der Waals surface area (Å²) in [6.07, 6.45) is 3.27. The Bertz CT molecular complexity index is 1910. The largest absolute Gasteiger partial charge is 0.439 e. The van der Waals surface area contributed by atoms with Crippen molar-refractivity contribution >= 4 is 33.6 Å². The number of carbonyl (C=O) groups is 4. The van der Waals surface area contributed by atoms with E-state index in [0.29, 0.717) is 16.7 Å². The Kier molecular flexibility index (Phi) is 17.2. The average molecular weight is 813 g/mol. The number of methoxy groups -OCH3 is 2.